The number of ether oxygens (including phenoxy) is 1. The van der Waals surface area contributed by atoms with Gasteiger partial charge >= 0.3 is 5.97 Å². The topological polar surface area (TPSA) is 26.3 Å². The standard InChI is InChI=1S/C12H20O2/c1-4-7-8-9-10-11(5-2)12(13)14-6-3/h4-5H,1,6-10H2,2-3H3. The molecule has 0 spiro atoms. The van der Waals surface area contributed by atoms with Crippen molar-refractivity contribution < 1.29 is 9.53 Å². The normalized spacial score (nSPS) is 11.1. The fraction of sp³-hybridized carbons (Fsp3) is 0.583. The zero-order valence-electron chi connectivity index (χ0n) is 9.21. The first kappa shape index (κ1) is 12.9. The lowest BCUT2D eigenvalue weighted by Crippen LogP contribution is -2.07. The molecule has 2 heteroatoms. The van der Waals surface area contributed by atoms with E-state index in [-0.39, 0.29) is 5.97 Å². The number of esters is 1. The van der Waals surface area contributed by atoms with Gasteiger partial charge in [-0.25, -0.2) is 4.79 Å². The SMILES string of the molecule is C=CCCCCC(=CC)C(=O)OCC. The van der Waals surface area contributed by atoms with Crippen LogP contribution in [-0.2, 0) is 9.53 Å². The number of carbonyl (C=O) groups is 1. The minimum Gasteiger partial charge on any atom is -0.463 e. The molecule has 0 aliphatic carbocycles. The van der Waals surface area contributed by atoms with Crippen LogP contribution >= 0.6 is 0 Å². The molecule has 14 heavy (non-hydrogen) atoms. The van der Waals surface area contributed by atoms with Crippen LogP contribution in [0.15, 0.2) is 24.3 Å². The summed E-state index contributed by atoms with van der Waals surface area (Å²) in [4.78, 5) is 11.3. The van der Waals surface area contributed by atoms with Crippen LogP contribution in [0.2, 0.25) is 0 Å². The van der Waals surface area contributed by atoms with Crippen molar-refractivity contribution in [2.45, 2.75) is 39.5 Å². The average molecular weight is 196 g/mol. The van der Waals surface area contributed by atoms with Gasteiger partial charge in [0.15, 0.2) is 0 Å². The van der Waals surface area contributed by atoms with Gasteiger partial charge in [-0.15, -0.1) is 6.58 Å². The van der Waals surface area contributed by atoms with Gasteiger partial charge in [0, 0.05) is 5.57 Å². The molecule has 0 saturated carbocycles. The lowest BCUT2D eigenvalue weighted by molar-refractivity contribution is -0.138. The van der Waals surface area contributed by atoms with Crippen molar-refractivity contribution in [3.05, 3.63) is 24.3 Å². The van der Waals surface area contributed by atoms with Gasteiger partial charge in [0.05, 0.1) is 6.61 Å². The molecule has 0 radical (unpaired) electrons. The van der Waals surface area contributed by atoms with E-state index in [0.717, 1.165) is 31.3 Å². The van der Waals surface area contributed by atoms with Gasteiger partial charge in [0.25, 0.3) is 0 Å². The van der Waals surface area contributed by atoms with Crippen molar-refractivity contribution in [2.24, 2.45) is 0 Å². The first-order valence-electron chi connectivity index (χ1n) is 5.19. The molecule has 0 heterocycles. The van der Waals surface area contributed by atoms with Gasteiger partial charge in [-0.3, -0.25) is 0 Å². The predicted molar refractivity (Wildman–Crippen MR) is 59.1 cm³/mol. The second kappa shape index (κ2) is 8.54. The van der Waals surface area contributed by atoms with Crippen LogP contribution in [-0.4, -0.2) is 12.6 Å². The van der Waals surface area contributed by atoms with E-state index in [9.17, 15) is 4.79 Å². The number of allylic oxidation sites excluding steroid dienone is 2. The van der Waals surface area contributed by atoms with Gasteiger partial charge in [-0.1, -0.05) is 12.2 Å². The summed E-state index contributed by atoms with van der Waals surface area (Å²) in [6, 6.07) is 0. The zero-order valence-corrected chi connectivity index (χ0v) is 9.21. The van der Waals surface area contributed by atoms with E-state index in [1.807, 2.05) is 26.0 Å². The summed E-state index contributed by atoms with van der Waals surface area (Å²) < 4.78 is 4.92. The molecular formula is C12H20O2. The number of carbonyl (C=O) groups excluding carboxylic acids is 1. The van der Waals surface area contributed by atoms with Crippen molar-refractivity contribution in [1.82, 2.24) is 0 Å². The minimum atomic E-state index is -0.173. The summed E-state index contributed by atoms with van der Waals surface area (Å²) >= 11 is 0. The van der Waals surface area contributed by atoms with Gasteiger partial charge < -0.3 is 4.74 Å². The van der Waals surface area contributed by atoms with Crippen LogP contribution in [0.5, 0.6) is 0 Å². The highest BCUT2D eigenvalue weighted by molar-refractivity contribution is 5.88. The fourth-order valence-electron chi connectivity index (χ4n) is 1.19. The van der Waals surface area contributed by atoms with Crippen LogP contribution in [0.3, 0.4) is 0 Å². The maximum absolute atomic E-state index is 11.3. The second-order valence-electron chi connectivity index (χ2n) is 3.07. The molecule has 0 unspecified atom stereocenters. The Kier molecular flexibility index (Phi) is 7.90. The molecule has 0 atom stereocenters. The Labute approximate surface area is 86.6 Å². The zero-order chi connectivity index (χ0) is 10.8. The van der Waals surface area contributed by atoms with Gasteiger partial charge in [0.1, 0.15) is 0 Å². The van der Waals surface area contributed by atoms with Crippen LogP contribution in [0, 0.1) is 0 Å². The van der Waals surface area contributed by atoms with E-state index in [2.05, 4.69) is 6.58 Å². The Morgan fingerprint density at radius 3 is 2.64 bits per heavy atom. The number of rotatable bonds is 7. The lowest BCUT2D eigenvalue weighted by Gasteiger charge is -2.05. The van der Waals surface area contributed by atoms with Crippen LogP contribution in [0.4, 0.5) is 0 Å². The van der Waals surface area contributed by atoms with Crippen molar-refractivity contribution >= 4 is 5.97 Å². The smallest absolute Gasteiger partial charge is 0.333 e. The molecule has 80 valence electrons. The fourth-order valence-corrected chi connectivity index (χ4v) is 1.19. The maximum Gasteiger partial charge on any atom is 0.333 e. The molecule has 0 aliphatic heterocycles. The van der Waals surface area contributed by atoms with Gasteiger partial charge in [-0.2, -0.15) is 0 Å². The summed E-state index contributed by atoms with van der Waals surface area (Å²) in [5, 5.41) is 0. The molecule has 0 aromatic heterocycles. The van der Waals surface area contributed by atoms with Gasteiger partial charge in [-0.05, 0) is 39.5 Å². The van der Waals surface area contributed by atoms with E-state index in [1.54, 1.807) is 0 Å². The molecule has 0 bridgehead atoms. The largest absolute Gasteiger partial charge is 0.463 e. The number of hydrogen-bond donors (Lipinski definition) is 0. The molecule has 0 aromatic carbocycles. The monoisotopic (exact) mass is 196 g/mol. The Hall–Kier alpha value is -1.05. The summed E-state index contributed by atoms with van der Waals surface area (Å²) in [6.07, 6.45) is 7.67. The molecule has 0 saturated heterocycles. The third-order valence-electron chi connectivity index (χ3n) is 1.99. The second-order valence-corrected chi connectivity index (χ2v) is 3.07. The third kappa shape index (κ3) is 5.57. The van der Waals surface area contributed by atoms with Crippen molar-refractivity contribution in [2.75, 3.05) is 6.61 Å². The van der Waals surface area contributed by atoms with Crippen molar-refractivity contribution in [3.63, 3.8) is 0 Å². The minimum absolute atomic E-state index is 0.173. The number of hydrogen-bond acceptors (Lipinski definition) is 2. The van der Waals surface area contributed by atoms with Gasteiger partial charge in [0.2, 0.25) is 0 Å². The number of unbranched alkanes of at least 4 members (excludes halogenated alkanes) is 2. The molecule has 0 fully saturated rings. The third-order valence-corrected chi connectivity index (χ3v) is 1.99. The highest BCUT2D eigenvalue weighted by Gasteiger charge is 2.07. The molecule has 0 rings (SSSR count). The van der Waals surface area contributed by atoms with E-state index in [4.69, 9.17) is 4.74 Å². The predicted octanol–water partition coefficient (Wildman–Crippen LogP) is 3.24. The Morgan fingerprint density at radius 2 is 2.14 bits per heavy atom. The van der Waals surface area contributed by atoms with Crippen molar-refractivity contribution in [3.8, 4) is 0 Å². The Balaban J connectivity index is 3.80. The van der Waals surface area contributed by atoms with Crippen LogP contribution < -0.4 is 0 Å². The quantitative estimate of drug-likeness (QED) is 0.270. The summed E-state index contributed by atoms with van der Waals surface area (Å²) in [5.74, 6) is -0.173. The van der Waals surface area contributed by atoms with E-state index in [0.29, 0.717) is 6.61 Å². The molecule has 0 amide bonds. The van der Waals surface area contributed by atoms with Crippen LogP contribution in [0.25, 0.3) is 0 Å². The molecule has 0 aliphatic rings. The van der Waals surface area contributed by atoms with E-state index < -0.39 is 0 Å². The maximum atomic E-state index is 11.3. The summed E-state index contributed by atoms with van der Waals surface area (Å²) in [5.41, 5.74) is 0.788. The molecule has 0 N–H and O–H groups in total. The molecular weight excluding hydrogens is 176 g/mol. The lowest BCUT2D eigenvalue weighted by atomic mass is 10.1. The highest BCUT2D eigenvalue weighted by Crippen LogP contribution is 2.10. The first-order chi connectivity index (χ1) is 6.76. The first-order valence-corrected chi connectivity index (χ1v) is 5.19. The van der Waals surface area contributed by atoms with Crippen LogP contribution in [0.1, 0.15) is 39.5 Å². The summed E-state index contributed by atoms with van der Waals surface area (Å²) in [6.45, 7) is 7.80. The summed E-state index contributed by atoms with van der Waals surface area (Å²) in [7, 11) is 0. The average Bonchev–Trinajstić information content (AvgIpc) is 2.18. The van der Waals surface area contributed by atoms with E-state index >= 15 is 0 Å². The molecule has 0 aromatic rings. The Bertz CT molecular complexity index is 204. The van der Waals surface area contributed by atoms with E-state index in [1.165, 1.54) is 0 Å². The Morgan fingerprint density at radius 1 is 1.43 bits per heavy atom. The highest BCUT2D eigenvalue weighted by atomic mass is 16.5. The molecule has 2 nitrogen and oxygen atoms in total. The van der Waals surface area contributed by atoms with Crippen molar-refractivity contribution in [1.29, 1.82) is 0 Å².